The van der Waals surface area contributed by atoms with Crippen LogP contribution in [0, 0.1) is 17.5 Å². The van der Waals surface area contributed by atoms with Crippen molar-refractivity contribution in [2.45, 2.75) is 17.4 Å². The fourth-order valence-electron chi connectivity index (χ4n) is 3.12. The lowest BCUT2D eigenvalue weighted by atomic mass is 10.1. The molecule has 0 unspecified atom stereocenters. The summed E-state index contributed by atoms with van der Waals surface area (Å²) in [4.78, 5) is 12.7. The number of benzene rings is 3. The molecule has 0 aliphatic carbocycles. The van der Waals surface area contributed by atoms with Crippen LogP contribution in [0.3, 0.4) is 0 Å². The topological polar surface area (TPSA) is 93.7 Å². The van der Waals surface area contributed by atoms with Crippen LogP contribution in [-0.2, 0) is 21.2 Å². The van der Waals surface area contributed by atoms with Crippen LogP contribution >= 0.6 is 0 Å². The maximum absolute atomic E-state index is 14.1. The molecule has 0 aliphatic heterocycles. The normalized spacial score (nSPS) is 12.1. The van der Waals surface area contributed by atoms with Crippen molar-refractivity contribution in [2.24, 2.45) is 0 Å². The smallest absolute Gasteiger partial charge is 0.242 e. The molecule has 0 heterocycles. The lowest BCUT2D eigenvalue weighted by Gasteiger charge is -2.19. The van der Waals surface area contributed by atoms with Gasteiger partial charge in [0.1, 0.15) is 6.04 Å². The minimum Gasteiger partial charge on any atom is -0.493 e. The molecule has 34 heavy (non-hydrogen) atoms. The minimum absolute atomic E-state index is 0.107. The number of amides is 1. The van der Waals surface area contributed by atoms with Gasteiger partial charge in [-0.1, -0.05) is 30.3 Å². The first-order chi connectivity index (χ1) is 16.2. The predicted octanol–water partition coefficient (Wildman–Crippen LogP) is 3.65. The Labute approximate surface area is 194 Å². The number of methoxy groups -OCH3 is 2. The number of carbonyl (C=O) groups excluding carboxylic acids is 1. The zero-order valence-corrected chi connectivity index (χ0v) is 19.0. The van der Waals surface area contributed by atoms with Gasteiger partial charge in [-0.25, -0.2) is 21.6 Å². The number of halogens is 3. The Morgan fingerprint density at radius 3 is 2.24 bits per heavy atom. The molecule has 1 amide bonds. The van der Waals surface area contributed by atoms with Crippen LogP contribution in [0.15, 0.2) is 65.6 Å². The SMILES string of the molecule is COc1ccc(S(=O)(=O)N[C@H](Cc2ccccc2)C(=O)Nc2ccc(F)c(F)c2F)cc1OC. The summed E-state index contributed by atoms with van der Waals surface area (Å²) in [6.07, 6.45) is -0.107. The second kappa shape index (κ2) is 10.6. The molecular weight excluding hydrogens is 473 g/mol. The predicted molar refractivity (Wildman–Crippen MR) is 119 cm³/mol. The van der Waals surface area contributed by atoms with Crippen molar-refractivity contribution in [1.29, 1.82) is 0 Å². The zero-order chi connectivity index (χ0) is 24.9. The number of anilines is 1. The molecule has 180 valence electrons. The highest BCUT2D eigenvalue weighted by atomic mass is 32.2. The molecular formula is C23H21F3N2O5S. The summed E-state index contributed by atoms with van der Waals surface area (Å²) in [5.74, 6) is -5.31. The molecule has 0 spiro atoms. The van der Waals surface area contributed by atoms with Crippen molar-refractivity contribution < 1.29 is 35.9 Å². The van der Waals surface area contributed by atoms with Crippen molar-refractivity contribution in [3.05, 3.63) is 83.7 Å². The number of hydrogen-bond acceptors (Lipinski definition) is 5. The van der Waals surface area contributed by atoms with E-state index in [9.17, 15) is 26.4 Å². The van der Waals surface area contributed by atoms with E-state index in [1.807, 2.05) is 0 Å². The molecule has 1 atom stereocenters. The first-order valence-corrected chi connectivity index (χ1v) is 11.4. The van der Waals surface area contributed by atoms with Crippen molar-refractivity contribution in [3.8, 4) is 11.5 Å². The standard InChI is InChI=1S/C23H21F3N2O5S/c1-32-19-11-8-15(13-20(19)33-2)34(30,31)28-18(12-14-6-4-3-5-7-14)23(29)27-17-10-9-16(24)21(25)22(17)26/h3-11,13,18,28H,12H2,1-2H3,(H,27,29)/t18-/m1/s1. The fraction of sp³-hybridized carbons (Fsp3) is 0.174. The van der Waals surface area contributed by atoms with E-state index in [0.717, 1.165) is 6.07 Å². The average Bonchev–Trinajstić information content (AvgIpc) is 2.84. The van der Waals surface area contributed by atoms with Gasteiger partial charge < -0.3 is 14.8 Å². The molecule has 2 N–H and O–H groups in total. The first-order valence-electron chi connectivity index (χ1n) is 9.89. The monoisotopic (exact) mass is 494 g/mol. The highest BCUT2D eigenvalue weighted by Crippen LogP contribution is 2.29. The maximum Gasteiger partial charge on any atom is 0.242 e. The van der Waals surface area contributed by atoms with E-state index in [2.05, 4.69) is 10.0 Å². The van der Waals surface area contributed by atoms with Crippen LogP contribution in [0.4, 0.5) is 18.9 Å². The van der Waals surface area contributed by atoms with E-state index in [4.69, 9.17) is 9.47 Å². The van der Waals surface area contributed by atoms with E-state index < -0.39 is 45.1 Å². The highest BCUT2D eigenvalue weighted by Gasteiger charge is 2.28. The summed E-state index contributed by atoms with van der Waals surface area (Å²) < 4.78 is 79.5. The average molecular weight is 494 g/mol. The summed E-state index contributed by atoms with van der Waals surface area (Å²) in [7, 11) is -1.55. The molecule has 0 saturated heterocycles. The Hall–Kier alpha value is -3.57. The molecule has 0 saturated carbocycles. The Kier molecular flexibility index (Phi) is 7.79. The van der Waals surface area contributed by atoms with E-state index in [1.54, 1.807) is 30.3 Å². The van der Waals surface area contributed by atoms with Crippen LogP contribution in [-0.4, -0.2) is 34.6 Å². The van der Waals surface area contributed by atoms with E-state index in [-0.39, 0.29) is 17.1 Å². The Morgan fingerprint density at radius 2 is 1.59 bits per heavy atom. The fourth-order valence-corrected chi connectivity index (χ4v) is 4.33. The molecule has 7 nitrogen and oxygen atoms in total. The Morgan fingerprint density at radius 1 is 0.912 bits per heavy atom. The third kappa shape index (κ3) is 5.67. The lowest BCUT2D eigenvalue weighted by Crippen LogP contribution is -2.45. The minimum atomic E-state index is -4.27. The number of carbonyl (C=O) groups is 1. The molecule has 0 radical (unpaired) electrons. The van der Waals surface area contributed by atoms with Gasteiger partial charge in [-0.15, -0.1) is 0 Å². The summed E-state index contributed by atoms with van der Waals surface area (Å²) in [6.45, 7) is 0. The van der Waals surface area contributed by atoms with Crippen molar-refractivity contribution in [1.82, 2.24) is 4.72 Å². The highest BCUT2D eigenvalue weighted by molar-refractivity contribution is 7.89. The van der Waals surface area contributed by atoms with Crippen LogP contribution in [0.5, 0.6) is 11.5 Å². The van der Waals surface area contributed by atoms with Crippen molar-refractivity contribution in [2.75, 3.05) is 19.5 Å². The van der Waals surface area contributed by atoms with Gasteiger partial charge in [0.2, 0.25) is 15.9 Å². The quantitative estimate of drug-likeness (QED) is 0.443. The van der Waals surface area contributed by atoms with Gasteiger partial charge in [0.15, 0.2) is 29.0 Å². The maximum atomic E-state index is 14.1. The Bertz CT molecular complexity index is 1290. The van der Waals surface area contributed by atoms with Gasteiger partial charge in [0.05, 0.1) is 24.8 Å². The largest absolute Gasteiger partial charge is 0.493 e. The van der Waals surface area contributed by atoms with Gasteiger partial charge in [-0.05, 0) is 36.2 Å². The van der Waals surface area contributed by atoms with E-state index in [0.29, 0.717) is 17.4 Å². The summed E-state index contributed by atoms with van der Waals surface area (Å²) in [5, 5.41) is 2.12. The molecule has 0 fully saturated rings. The molecule has 3 aromatic carbocycles. The van der Waals surface area contributed by atoms with Crippen molar-refractivity contribution >= 4 is 21.6 Å². The number of nitrogens with one attached hydrogen (secondary N) is 2. The third-order valence-electron chi connectivity index (χ3n) is 4.85. The molecule has 3 aromatic rings. The summed E-state index contributed by atoms with van der Waals surface area (Å²) in [5.41, 5.74) is -0.0318. The molecule has 0 aromatic heterocycles. The first kappa shape index (κ1) is 25.1. The van der Waals surface area contributed by atoms with Gasteiger partial charge >= 0.3 is 0 Å². The second-order valence-electron chi connectivity index (χ2n) is 7.09. The van der Waals surface area contributed by atoms with Gasteiger partial charge in [0, 0.05) is 6.07 Å². The van der Waals surface area contributed by atoms with Crippen LogP contribution in [0.25, 0.3) is 0 Å². The molecule has 0 aliphatic rings. The zero-order valence-electron chi connectivity index (χ0n) is 18.1. The lowest BCUT2D eigenvalue weighted by molar-refractivity contribution is -0.117. The number of sulfonamides is 1. The second-order valence-corrected chi connectivity index (χ2v) is 8.81. The summed E-state index contributed by atoms with van der Waals surface area (Å²) in [6, 6.07) is 12.4. The van der Waals surface area contributed by atoms with Crippen LogP contribution in [0.2, 0.25) is 0 Å². The van der Waals surface area contributed by atoms with Gasteiger partial charge in [0.25, 0.3) is 0 Å². The van der Waals surface area contributed by atoms with Gasteiger partial charge in [-0.2, -0.15) is 4.72 Å². The number of hydrogen-bond donors (Lipinski definition) is 2. The third-order valence-corrected chi connectivity index (χ3v) is 6.32. The number of rotatable bonds is 9. The molecule has 0 bridgehead atoms. The van der Waals surface area contributed by atoms with Gasteiger partial charge in [-0.3, -0.25) is 4.79 Å². The van der Waals surface area contributed by atoms with Crippen LogP contribution in [0.1, 0.15) is 5.56 Å². The van der Waals surface area contributed by atoms with E-state index in [1.165, 1.54) is 32.4 Å². The molecule has 3 rings (SSSR count). The number of ether oxygens (including phenoxy) is 2. The van der Waals surface area contributed by atoms with Crippen LogP contribution < -0.4 is 19.5 Å². The molecule has 11 heteroatoms. The van der Waals surface area contributed by atoms with E-state index >= 15 is 0 Å². The summed E-state index contributed by atoms with van der Waals surface area (Å²) >= 11 is 0. The van der Waals surface area contributed by atoms with Crippen molar-refractivity contribution in [3.63, 3.8) is 0 Å². The Balaban J connectivity index is 1.93.